The van der Waals surface area contributed by atoms with E-state index < -0.39 is 23.6 Å². The summed E-state index contributed by atoms with van der Waals surface area (Å²) in [5.41, 5.74) is 1.33. The van der Waals surface area contributed by atoms with Crippen molar-refractivity contribution in [3.8, 4) is 17.2 Å². The molecule has 0 saturated carbocycles. The first kappa shape index (κ1) is 28.0. The number of nitrogens with one attached hydrogen (secondary N) is 5. The smallest absolute Gasteiger partial charge is 0.374 e. The molecule has 0 aromatic heterocycles. The van der Waals surface area contributed by atoms with E-state index in [0.717, 1.165) is 15.4 Å². The minimum Gasteiger partial charge on any atom is -0.496 e. The van der Waals surface area contributed by atoms with Crippen LogP contribution < -0.4 is 34.6 Å². The Labute approximate surface area is 252 Å². The van der Waals surface area contributed by atoms with Crippen LogP contribution >= 0.6 is 0 Å². The van der Waals surface area contributed by atoms with Crippen LogP contribution in [0.4, 0.5) is 0 Å². The number of nitrogens with zero attached hydrogens (tertiary/aromatic N) is 2. The van der Waals surface area contributed by atoms with E-state index >= 15 is 0 Å². The van der Waals surface area contributed by atoms with Gasteiger partial charge >= 0.3 is 12.3 Å². The highest BCUT2D eigenvalue weighted by Crippen LogP contribution is 2.55. The number of esters is 1. The summed E-state index contributed by atoms with van der Waals surface area (Å²) in [6.45, 7) is 4.42. The second-order valence-electron chi connectivity index (χ2n) is 11.4. The van der Waals surface area contributed by atoms with Gasteiger partial charge in [-0.25, -0.2) is 14.7 Å². The molecule has 6 atom stereocenters. The van der Waals surface area contributed by atoms with Gasteiger partial charge in [-0.2, -0.15) is 9.89 Å². The van der Waals surface area contributed by atoms with Crippen molar-refractivity contribution in [1.82, 2.24) is 10.6 Å². The molecular weight excluding hydrogens is 570 g/mol. The topological polar surface area (TPSA) is 173 Å². The Hall–Kier alpha value is -4.79. The van der Waals surface area contributed by atoms with E-state index in [9.17, 15) is 14.7 Å². The number of aliphatic imine (C=N–C) groups is 2. The Morgan fingerprint density at radius 2 is 2.20 bits per heavy atom. The molecule has 14 heteroatoms. The van der Waals surface area contributed by atoms with Crippen molar-refractivity contribution in [3.05, 3.63) is 59.7 Å². The van der Waals surface area contributed by atoms with Crippen LogP contribution in [0.5, 0.6) is 17.2 Å². The number of allylic oxidation sites excluding steroid dienone is 2. The van der Waals surface area contributed by atoms with E-state index in [1.54, 1.807) is 33.1 Å². The summed E-state index contributed by atoms with van der Waals surface area (Å²) in [5, 5.41) is 24.7. The number of carbonyl (C=O) groups excluding carboxylic acids is 2. The highest BCUT2D eigenvalue weighted by molar-refractivity contribution is 6.68. The van der Waals surface area contributed by atoms with E-state index in [-0.39, 0.29) is 42.9 Å². The van der Waals surface area contributed by atoms with Gasteiger partial charge in [0.1, 0.15) is 41.7 Å². The fourth-order valence-corrected chi connectivity index (χ4v) is 6.57. The van der Waals surface area contributed by atoms with Crippen molar-refractivity contribution < 1.29 is 43.4 Å². The number of amides is 1. The molecule has 5 heterocycles. The Bertz CT molecular complexity index is 1670. The van der Waals surface area contributed by atoms with Gasteiger partial charge in [0, 0.05) is 17.5 Å². The average Bonchev–Trinajstić information content (AvgIpc) is 3.72. The molecule has 14 nitrogen and oxygen atoms in total. The van der Waals surface area contributed by atoms with Crippen LogP contribution in [0.2, 0.25) is 0 Å². The number of amidine groups is 1. The SMILES string of the molecule is CCOC(=O)C1=C/C(=C\C[NH+]2C=CNC2[NH+]2CN=C3C(=O)NC(=N)N=C32)c2c(cc3c(c2OC)[C@@H]2C=CC[C@@](C)(O)[C@H]2O3)O1. The van der Waals surface area contributed by atoms with E-state index in [4.69, 9.17) is 24.4 Å². The number of hydrogen-bond donors (Lipinski definition) is 6. The third kappa shape index (κ3) is 4.41. The summed E-state index contributed by atoms with van der Waals surface area (Å²) in [7, 11) is 1.58. The normalized spacial score (nSPS) is 31.8. The lowest BCUT2D eigenvalue weighted by molar-refractivity contribution is -1.05. The van der Waals surface area contributed by atoms with Crippen LogP contribution in [0, 0.1) is 5.41 Å². The van der Waals surface area contributed by atoms with Crippen LogP contribution in [0.25, 0.3) is 5.57 Å². The second-order valence-corrected chi connectivity index (χ2v) is 11.4. The van der Waals surface area contributed by atoms with Gasteiger partial charge in [-0.1, -0.05) is 12.2 Å². The molecule has 5 aliphatic heterocycles. The molecule has 0 bridgehead atoms. The molecule has 7 rings (SSSR count). The van der Waals surface area contributed by atoms with Crippen molar-refractivity contribution in [3.63, 3.8) is 0 Å². The summed E-state index contributed by atoms with van der Waals surface area (Å²) >= 11 is 0. The number of rotatable bonds is 6. The predicted octanol–water partition coefficient (Wildman–Crippen LogP) is -1.52. The van der Waals surface area contributed by atoms with Crippen molar-refractivity contribution in [2.24, 2.45) is 9.98 Å². The van der Waals surface area contributed by atoms with E-state index in [2.05, 4.69) is 20.6 Å². The Morgan fingerprint density at radius 3 is 3.00 bits per heavy atom. The molecule has 6 N–H and O–H groups in total. The maximum absolute atomic E-state index is 12.9. The third-order valence-corrected chi connectivity index (χ3v) is 8.57. The Balaban J connectivity index is 1.26. The zero-order valence-corrected chi connectivity index (χ0v) is 24.4. The quantitative estimate of drug-likeness (QED) is 0.168. The number of ether oxygens (including phenoxy) is 4. The van der Waals surface area contributed by atoms with Crippen LogP contribution in [-0.4, -0.2) is 79.4 Å². The molecule has 0 radical (unpaired) electrons. The van der Waals surface area contributed by atoms with Crippen LogP contribution in [0.3, 0.4) is 0 Å². The first-order chi connectivity index (χ1) is 21.2. The lowest BCUT2D eigenvalue weighted by atomic mass is 9.78. The zero-order valence-electron chi connectivity index (χ0n) is 24.4. The molecule has 1 aromatic carbocycles. The first-order valence-electron chi connectivity index (χ1n) is 14.5. The average molecular weight is 604 g/mol. The molecule has 44 heavy (non-hydrogen) atoms. The largest absolute Gasteiger partial charge is 0.496 e. The van der Waals surface area contributed by atoms with Crippen molar-refractivity contribution in [2.45, 2.75) is 44.2 Å². The number of aliphatic hydroxyl groups is 1. The van der Waals surface area contributed by atoms with E-state index in [0.29, 0.717) is 47.2 Å². The van der Waals surface area contributed by atoms with Crippen molar-refractivity contribution >= 4 is 35.0 Å². The molecular formula is C30H33N7O7+2. The third-order valence-electron chi connectivity index (χ3n) is 8.57. The van der Waals surface area contributed by atoms with Gasteiger partial charge in [0.25, 0.3) is 11.7 Å². The molecule has 0 spiro atoms. The number of guanidine groups is 1. The van der Waals surface area contributed by atoms with Crippen molar-refractivity contribution in [1.29, 1.82) is 5.41 Å². The molecule has 1 aromatic rings. The number of fused-ring (bicyclic) bond motifs is 5. The highest BCUT2D eigenvalue weighted by atomic mass is 16.6. The van der Waals surface area contributed by atoms with Crippen LogP contribution in [-0.2, 0) is 14.3 Å². The summed E-state index contributed by atoms with van der Waals surface area (Å²) in [4.78, 5) is 35.6. The molecule has 3 unspecified atom stereocenters. The fourth-order valence-electron chi connectivity index (χ4n) is 6.57. The number of benzene rings is 1. The van der Waals surface area contributed by atoms with Gasteiger partial charge in [0.15, 0.2) is 6.67 Å². The highest BCUT2D eigenvalue weighted by Gasteiger charge is 2.49. The lowest BCUT2D eigenvalue weighted by Crippen LogP contribution is -3.36. The van der Waals surface area contributed by atoms with Gasteiger partial charge < -0.3 is 24.1 Å². The number of quaternary nitrogens is 2. The lowest BCUT2D eigenvalue weighted by Gasteiger charge is -2.34. The predicted molar refractivity (Wildman–Crippen MR) is 156 cm³/mol. The monoisotopic (exact) mass is 603 g/mol. The molecule has 0 fully saturated rings. The minimum atomic E-state index is -1.07. The Morgan fingerprint density at radius 1 is 1.36 bits per heavy atom. The number of hydrogen-bond acceptors (Lipinski definition) is 10. The fraction of sp³-hybridized carbons (Fsp3) is 0.367. The molecule has 1 aliphatic carbocycles. The maximum Gasteiger partial charge on any atom is 0.374 e. The minimum absolute atomic E-state index is 0.0286. The summed E-state index contributed by atoms with van der Waals surface area (Å²) in [6.07, 6.45) is 11.1. The summed E-state index contributed by atoms with van der Waals surface area (Å²) in [6, 6.07) is 1.75. The second kappa shape index (κ2) is 10.4. The van der Waals surface area contributed by atoms with Crippen LogP contribution in [0.15, 0.2) is 58.5 Å². The summed E-state index contributed by atoms with van der Waals surface area (Å²) < 4.78 is 23.6. The van der Waals surface area contributed by atoms with E-state index in [1.807, 2.05) is 30.6 Å². The molecule has 228 valence electrons. The Kier molecular flexibility index (Phi) is 6.64. The standard InChI is InChI=1S/C30H31N7O7/c1-4-42-27(39)19-12-15(7-10-36-11-9-32-29(36)37-14-33-22-25(37)34-28(31)35-26(22)38)20-17(43-19)13-18-21(23(20)41-3)16-6-5-8-30(2,40)24(16)44-18/h5-7,9,11-13,16,24,29,32,40H,4,8,10,14H2,1-3H3,(H2,31,35,38)/p+2/b15-7+/t16-,24-,29?,30+/m0/s1. The van der Waals surface area contributed by atoms with E-state index in [1.165, 1.54) is 0 Å². The number of carbonyl (C=O) groups is 2. The summed E-state index contributed by atoms with van der Waals surface area (Å²) in [5.74, 6) is 0.435. The first-order valence-corrected chi connectivity index (χ1v) is 14.5. The molecule has 6 aliphatic rings. The van der Waals surface area contributed by atoms with Gasteiger partial charge in [-0.15, -0.1) is 0 Å². The van der Waals surface area contributed by atoms with Gasteiger partial charge in [0.2, 0.25) is 17.4 Å². The molecule has 1 amide bonds. The number of methoxy groups -OCH3 is 1. The van der Waals surface area contributed by atoms with Crippen LogP contribution in [0.1, 0.15) is 37.3 Å². The van der Waals surface area contributed by atoms with Gasteiger partial charge in [0.05, 0.1) is 25.5 Å². The zero-order chi connectivity index (χ0) is 30.7. The van der Waals surface area contributed by atoms with Gasteiger partial charge in [-0.05, 0) is 38.0 Å². The van der Waals surface area contributed by atoms with Gasteiger partial charge in [-0.3, -0.25) is 20.8 Å². The maximum atomic E-state index is 12.9. The van der Waals surface area contributed by atoms with Crippen molar-refractivity contribution in [2.75, 3.05) is 26.9 Å². The molecule has 0 saturated heterocycles.